The number of thiophene rings is 1. The smallest absolute Gasteiger partial charge is 0.304 e. The molecule has 1 aromatic carbocycles. The van der Waals surface area contributed by atoms with Gasteiger partial charge >= 0.3 is 5.97 Å². The van der Waals surface area contributed by atoms with Crippen molar-refractivity contribution in [3.63, 3.8) is 0 Å². The SMILES string of the molecule is NC(=O)c1cccc(NC(=O)CC(CC(=O)O)c2cccs2)c1. The highest BCUT2D eigenvalue weighted by atomic mass is 32.1. The Morgan fingerprint density at radius 1 is 1.17 bits per heavy atom. The highest BCUT2D eigenvalue weighted by molar-refractivity contribution is 7.10. The van der Waals surface area contributed by atoms with Crippen LogP contribution < -0.4 is 11.1 Å². The van der Waals surface area contributed by atoms with Gasteiger partial charge in [0, 0.05) is 28.5 Å². The van der Waals surface area contributed by atoms with Gasteiger partial charge in [-0.05, 0) is 29.6 Å². The van der Waals surface area contributed by atoms with Crippen LogP contribution in [0.3, 0.4) is 0 Å². The number of nitrogens with two attached hydrogens (primary N) is 1. The number of hydrogen-bond donors (Lipinski definition) is 3. The molecule has 6 nitrogen and oxygen atoms in total. The van der Waals surface area contributed by atoms with E-state index in [1.165, 1.54) is 17.4 Å². The molecule has 0 aliphatic carbocycles. The summed E-state index contributed by atoms with van der Waals surface area (Å²) in [6, 6.07) is 9.93. The van der Waals surface area contributed by atoms with Crippen LogP contribution in [0.5, 0.6) is 0 Å². The maximum atomic E-state index is 12.2. The molecular formula is C16H16N2O4S. The zero-order chi connectivity index (χ0) is 16.8. The second kappa shape index (κ2) is 7.55. The van der Waals surface area contributed by atoms with Crippen LogP contribution in [0, 0.1) is 0 Å². The van der Waals surface area contributed by atoms with E-state index in [1.54, 1.807) is 18.2 Å². The molecule has 0 radical (unpaired) electrons. The third-order valence-electron chi connectivity index (χ3n) is 3.23. The summed E-state index contributed by atoms with van der Waals surface area (Å²) in [7, 11) is 0. The van der Waals surface area contributed by atoms with Crippen LogP contribution in [-0.4, -0.2) is 22.9 Å². The van der Waals surface area contributed by atoms with Crippen molar-refractivity contribution in [1.29, 1.82) is 0 Å². The molecule has 0 aliphatic heterocycles. The van der Waals surface area contributed by atoms with E-state index in [2.05, 4.69) is 5.32 Å². The Labute approximate surface area is 136 Å². The van der Waals surface area contributed by atoms with Gasteiger partial charge in [-0.15, -0.1) is 11.3 Å². The van der Waals surface area contributed by atoms with Gasteiger partial charge in [0.15, 0.2) is 0 Å². The summed E-state index contributed by atoms with van der Waals surface area (Å²) in [5.41, 5.74) is 5.94. The van der Waals surface area contributed by atoms with Crippen LogP contribution >= 0.6 is 11.3 Å². The van der Waals surface area contributed by atoms with Crippen LogP contribution in [0.1, 0.15) is 34.0 Å². The Hall–Kier alpha value is -2.67. The van der Waals surface area contributed by atoms with Crippen LogP contribution in [0.25, 0.3) is 0 Å². The topological polar surface area (TPSA) is 109 Å². The number of nitrogens with one attached hydrogen (secondary N) is 1. The largest absolute Gasteiger partial charge is 0.481 e. The molecule has 0 saturated heterocycles. The molecular weight excluding hydrogens is 316 g/mol. The van der Waals surface area contributed by atoms with Crippen molar-refractivity contribution in [3.8, 4) is 0 Å². The number of anilines is 1. The first kappa shape index (κ1) is 16.7. The molecule has 2 aromatic rings. The molecule has 0 spiro atoms. The van der Waals surface area contributed by atoms with Crippen LogP contribution in [-0.2, 0) is 9.59 Å². The number of aliphatic carboxylic acids is 1. The Balaban J connectivity index is 2.06. The molecule has 1 aromatic heterocycles. The fourth-order valence-electron chi connectivity index (χ4n) is 2.19. The summed E-state index contributed by atoms with van der Waals surface area (Å²) in [5.74, 6) is -2.23. The van der Waals surface area contributed by atoms with E-state index < -0.39 is 11.9 Å². The quantitative estimate of drug-likeness (QED) is 0.723. The summed E-state index contributed by atoms with van der Waals surface area (Å²) in [4.78, 5) is 35.1. The van der Waals surface area contributed by atoms with Crippen molar-refractivity contribution in [2.24, 2.45) is 5.73 Å². The molecule has 4 N–H and O–H groups in total. The fraction of sp³-hybridized carbons (Fsp3) is 0.188. The first-order valence-corrected chi connectivity index (χ1v) is 7.78. The van der Waals surface area contributed by atoms with Crippen LogP contribution in [0.15, 0.2) is 41.8 Å². The minimum absolute atomic E-state index is 0.0492. The van der Waals surface area contributed by atoms with Crippen molar-refractivity contribution in [2.45, 2.75) is 18.8 Å². The second-order valence-corrected chi connectivity index (χ2v) is 5.99. The van der Waals surface area contributed by atoms with E-state index in [4.69, 9.17) is 10.8 Å². The number of carbonyl (C=O) groups is 3. The van der Waals surface area contributed by atoms with Gasteiger partial charge in [-0.25, -0.2) is 0 Å². The lowest BCUT2D eigenvalue weighted by Crippen LogP contribution is -2.18. The number of carbonyl (C=O) groups excluding carboxylic acids is 2. The van der Waals surface area contributed by atoms with E-state index in [0.29, 0.717) is 11.3 Å². The molecule has 120 valence electrons. The van der Waals surface area contributed by atoms with Crippen molar-refractivity contribution >= 4 is 34.8 Å². The number of benzene rings is 1. The summed E-state index contributed by atoms with van der Waals surface area (Å²) in [6.07, 6.45) is -0.0666. The minimum Gasteiger partial charge on any atom is -0.481 e. The zero-order valence-corrected chi connectivity index (χ0v) is 13.0. The molecule has 23 heavy (non-hydrogen) atoms. The summed E-state index contributed by atoms with van der Waals surface area (Å²) >= 11 is 1.42. The van der Waals surface area contributed by atoms with E-state index in [-0.39, 0.29) is 24.7 Å². The number of primary amides is 1. The first-order valence-electron chi connectivity index (χ1n) is 6.90. The number of carboxylic acid groups (broad SMARTS) is 1. The third-order valence-corrected chi connectivity index (χ3v) is 4.26. The van der Waals surface area contributed by atoms with Gasteiger partial charge in [0.25, 0.3) is 0 Å². The van der Waals surface area contributed by atoms with Crippen molar-refractivity contribution in [3.05, 3.63) is 52.2 Å². The van der Waals surface area contributed by atoms with Crippen molar-refractivity contribution in [2.75, 3.05) is 5.32 Å². The molecule has 7 heteroatoms. The van der Waals surface area contributed by atoms with Crippen LogP contribution in [0.4, 0.5) is 5.69 Å². The maximum Gasteiger partial charge on any atom is 0.304 e. The Kier molecular flexibility index (Phi) is 5.48. The number of hydrogen-bond acceptors (Lipinski definition) is 4. The van der Waals surface area contributed by atoms with Gasteiger partial charge in [-0.2, -0.15) is 0 Å². The third kappa shape index (κ3) is 4.93. The predicted molar refractivity (Wildman–Crippen MR) is 87.5 cm³/mol. The molecule has 0 fully saturated rings. The van der Waals surface area contributed by atoms with Gasteiger partial charge in [-0.1, -0.05) is 12.1 Å². The standard InChI is InChI=1S/C16H16N2O4S/c17-16(22)10-3-1-4-12(7-10)18-14(19)8-11(9-15(20)21)13-5-2-6-23-13/h1-7,11H,8-9H2,(H2,17,22)(H,18,19)(H,20,21). The number of carboxylic acids is 1. The van der Waals surface area contributed by atoms with Gasteiger partial charge in [0.2, 0.25) is 11.8 Å². The number of rotatable bonds is 7. The maximum absolute atomic E-state index is 12.2. The lowest BCUT2D eigenvalue weighted by molar-refractivity contribution is -0.137. The lowest BCUT2D eigenvalue weighted by Gasteiger charge is -2.13. The average Bonchev–Trinajstić information content (AvgIpc) is 3.00. The van der Waals surface area contributed by atoms with Gasteiger partial charge in [-0.3, -0.25) is 14.4 Å². The normalized spacial score (nSPS) is 11.7. The van der Waals surface area contributed by atoms with E-state index in [9.17, 15) is 14.4 Å². The van der Waals surface area contributed by atoms with Crippen molar-refractivity contribution in [1.82, 2.24) is 0 Å². The first-order chi connectivity index (χ1) is 11.0. The molecule has 1 heterocycles. The Morgan fingerprint density at radius 2 is 1.96 bits per heavy atom. The monoisotopic (exact) mass is 332 g/mol. The highest BCUT2D eigenvalue weighted by Crippen LogP contribution is 2.28. The summed E-state index contributed by atoms with van der Waals surface area (Å²) < 4.78 is 0. The molecule has 0 aliphatic rings. The predicted octanol–water partition coefficient (Wildman–Crippen LogP) is 2.43. The molecule has 2 rings (SSSR count). The molecule has 2 amide bonds. The summed E-state index contributed by atoms with van der Waals surface area (Å²) in [6.45, 7) is 0. The Bertz CT molecular complexity index is 713. The van der Waals surface area contributed by atoms with Crippen molar-refractivity contribution < 1.29 is 19.5 Å². The minimum atomic E-state index is -0.952. The Morgan fingerprint density at radius 3 is 2.57 bits per heavy atom. The van der Waals surface area contributed by atoms with E-state index in [0.717, 1.165) is 4.88 Å². The van der Waals surface area contributed by atoms with E-state index in [1.807, 2.05) is 17.5 Å². The molecule has 1 unspecified atom stereocenters. The van der Waals surface area contributed by atoms with Gasteiger partial charge < -0.3 is 16.2 Å². The average molecular weight is 332 g/mol. The molecule has 1 atom stereocenters. The fourth-order valence-corrected chi connectivity index (χ4v) is 3.02. The molecule has 0 saturated carbocycles. The second-order valence-electron chi connectivity index (χ2n) is 5.01. The summed E-state index contributed by atoms with van der Waals surface area (Å²) in [5, 5.41) is 13.5. The number of amides is 2. The van der Waals surface area contributed by atoms with Crippen LogP contribution in [0.2, 0.25) is 0 Å². The highest BCUT2D eigenvalue weighted by Gasteiger charge is 2.20. The lowest BCUT2D eigenvalue weighted by atomic mass is 9.99. The van der Waals surface area contributed by atoms with Gasteiger partial charge in [0.1, 0.15) is 0 Å². The zero-order valence-electron chi connectivity index (χ0n) is 12.2. The van der Waals surface area contributed by atoms with Gasteiger partial charge in [0.05, 0.1) is 6.42 Å². The molecule has 0 bridgehead atoms. The van der Waals surface area contributed by atoms with E-state index >= 15 is 0 Å².